The first-order valence-electron chi connectivity index (χ1n) is 12.9. The highest BCUT2D eigenvalue weighted by Gasteiger charge is 2.08. The molecule has 0 aliphatic heterocycles. The number of aryl methyl sites for hydroxylation is 1. The van der Waals surface area contributed by atoms with Gasteiger partial charge in [-0.05, 0) is 69.4 Å². The largest absolute Gasteiger partial charge is 0.398 e. The van der Waals surface area contributed by atoms with Gasteiger partial charge in [-0.2, -0.15) is 0 Å². The first-order valence-corrected chi connectivity index (χ1v) is 12.9. The van der Waals surface area contributed by atoms with Crippen LogP contribution in [0.15, 0.2) is 128 Å². The van der Waals surface area contributed by atoms with Crippen LogP contribution in [0, 0.1) is 6.92 Å². The topological polar surface area (TPSA) is 56.0 Å². The second-order valence-electron chi connectivity index (χ2n) is 9.70. The molecule has 7 rings (SSSR count). The summed E-state index contributed by atoms with van der Waals surface area (Å²) in [7, 11) is 0. The molecule has 3 nitrogen and oxygen atoms in total. The number of aromatic nitrogens is 1. The predicted octanol–water partition coefficient (Wildman–Crippen LogP) is 9.19. The first-order chi connectivity index (χ1) is 19.0. The monoisotopic (exact) mass is 506 g/mol. The number of carbonyl (C=O) groups is 1. The van der Waals surface area contributed by atoms with E-state index in [0.717, 1.165) is 22.9 Å². The standard InChI is InChI=1S/C18H13N.C14H11N.C4H6O/c1-12-10-17-15-8-3-2-6-13(15)14-7-4-5-9-16(14)18(17)19-11-12;15-14-9-10-5-1-2-6-11(10)12-7-3-4-8-13(12)14;1-4(2)3-5/h2-11H,1H3;1-9H,15H2;3H,1H2,2H3. The van der Waals surface area contributed by atoms with Crippen LogP contribution in [0.3, 0.4) is 0 Å². The van der Waals surface area contributed by atoms with Crippen molar-refractivity contribution in [3.63, 3.8) is 0 Å². The highest BCUT2D eigenvalue weighted by Crippen LogP contribution is 2.34. The Kier molecular flexibility index (Phi) is 7.33. The molecule has 0 atom stereocenters. The van der Waals surface area contributed by atoms with Crippen LogP contribution < -0.4 is 5.73 Å². The number of fused-ring (bicyclic) bond motifs is 9. The normalized spacial score (nSPS) is 10.6. The summed E-state index contributed by atoms with van der Waals surface area (Å²) in [5, 5.41) is 11.2. The second kappa shape index (κ2) is 11.2. The molecule has 0 bridgehead atoms. The molecule has 2 N–H and O–H groups in total. The number of nitrogens with two attached hydrogens (primary N) is 1. The number of nitrogen functional groups attached to an aromatic ring is 1. The van der Waals surface area contributed by atoms with E-state index >= 15 is 0 Å². The van der Waals surface area contributed by atoms with Crippen molar-refractivity contribution in [3.8, 4) is 0 Å². The zero-order chi connectivity index (χ0) is 27.4. The van der Waals surface area contributed by atoms with Crippen LogP contribution in [0.2, 0.25) is 0 Å². The van der Waals surface area contributed by atoms with Crippen molar-refractivity contribution < 1.29 is 4.79 Å². The van der Waals surface area contributed by atoms with Gasteiger partial charge in [0.25, 0.3) is 0 Å². The van der Waals surface area contributed by atoms with Gasteiger partial charge < -0.3 is 5.73 Å². The maximum absolute atomic E-state index is 9.41. The number of carbonyl (C=O) groups excluding carboxylic acids is 1. The van der Waals surface area contributed by atoms with E-state index in [4.69, 9.17) is 5.73 Å². The fourth-order valence-corrected chi connectivity index (χ4v) is 4.95. The summed E-state index contributed by atoms with van der Waals surface area (Å²) in [6.07, 6.45) is 2.67. The maximum Gasteiger partial charge on any atom is 0.145 e. The molecule has 0 amide bonds. The molecule has 0 unspecified atom stereocenters. The predicted molar refractivity (Wildman–Crippen MR) is 168 cm³/mol. The summed E-state index contributed by atoms with van der Waals surface area (Å²) >= 11 is 0. The third-order valence-electron chi connectivity index (χ3n) is 6.72. The van der Waals surface area contributed by atoms with Gasteiger partial charge in [-0.25, -0.2) is 0 Å². The van der Waals surface area contributed by atoms with Gasteiger partial charge in [0.15, 0.2) is 0 Å². The number of pyridine rings is 1. The van der Waals surface area contributed by atoms with Crippen molar-refractivity contribution >= 4 is 66.0 Å². The van der Waals surface area contributed by atoms with E-state index in [1.807, 2.05) is 30.5 Å². The van der Waals surface area contributed by atoms with Gasteiger partial charge in [0.2, 0.25) is 0 Å². The lowest BCUT2D eigenvalue weighted by molar-refractivity contribution is -0.104. The molecule has 1 heterocycles. The lowest BCUT2D eigenvalue weighted by Crippen LogP contribution is -1.87. The Bertz CT molecular complexity index is 1950. The molecule has 6 aromatic carbocycles. The molecule has 7 aromatic rings. The van der Waals surface area contributed by atoms with E-state index in [1.165, 1.54) is 48.7 Å². The number of anilines is 1. The van der Waals surface area contributed by atoms with Crippen LogP contribution >= 0.6 is 0 Å². The molecule has 190 valence electrons. The number of nitrogens with zero attached hydrogens (tertiary/aromatic N) is 1. The maximum atomic E-state index is 9.41. The van der Waals surface area contributed by atoms with E-state index in [0.29, 0.717) is 5.57 Å². The average molecular weight is 507 g/mol. The minimum Gasteiger partial charge on any atom is -0.398 e. The highest BCUT2D eigenvalue weighted by atomic mass is 16.1. The lowest BCUT2D eigenvalue weighted by atomic mass is 9.97. The Morgan fingerprint density at radius 1 is 0.667 bits per heavy atom. The molecule has 0 aliphatic rings. The number of benzene rings is 6. The van der Waals surface area contributed by atoms with E-state index in [1.54, 1.807) is 6.92 Å². The summed E-state index contributed by atoms with van der Waals surface area (Å²) in [6.45, 7) is 7.06. The van der Waals surface area contributed by atoms with E-state index in [2.05, 4.69) is 103 Å². The summed E-state index contributed by atoms with van der Waals surface area (Å²) in [5.74, 6) is 0. The zero-order valence-corrected chi connectivity index (χ0v) is 22.2. The Labute approximate surface area is 228 Å². The minimum atomic E-state index is 0.574. The van der Waals surface area contributed by atoms with E-state index in [-0.39, 0.29) is 0 Å². The molecule has 0 fully saturated rings. The average Bonchev–Trinajstić information content (AvgIpc) is 2.98. The third-order valence-corrected chi connectivity index (χ3v) is 6.72. The summed E-state index contributed by atoms with van der Waals surface area (Å²) in [4.78, 5) is 14.1. The number of rotatable bonds is 1. The summed E-state index contributed by atoms with van der Waals surface area (Å²) in [6, 6.07) is 37.9. The van der Waals surface area contributed by atoms with Crippen molar-refractivity contribution in [1.82, 2.24) is 4.98 Å². The van der Waals surface area contributed by atoms with Gasteiger partial charge in [-0.1, -0.05) is 104 Å². The first kappa shape index (κ1) is 25.6. The molecule has 1 aromatic heterocycles. The van der Waals surface area contributed by atoms with Crippen LogP contribution in [-0.4, -0.2) is 11.3 Å². The van der Waals surface area contributed by atoms with Gasteiger partial charge in [-0.3, -0.25) is 9.78 Å². The molecule has 0 saturated heterocycles. The van der Waals surface area contributed by atoms with Crippen molar-refractivity contribution in [1.29, 1.82) is 0 Å². The Balaban J connectivity index is 0.000000138. The molecule has 0 aliphatic carbocycles. The Hall–Kier alpha value is -5.02. The molecular formula is C36H30N2O. The van der Waals surface area contributed by atoms with Crippen molar-refractivity contribution in [2.75, 3.05) is 5.73 Å². The van der Waals surface area contributed by atoms with Crippen molar-refractivity contribution in [2.45, 2.75) is 13.8 Å². The van der Waals surface area contributed by atoms with E-state index < -0.39 is 0 Å². The summed E-state index contributed by atoms with van der Waals surface area (Å²) < 4.78 is 0. The molecule has 39 heavy (non-hydrogen) atoms. The Morgan fingerprint density at radius 2 is 1.10 bits per heavy atom. The van der Waals surface area contributed by atoms with Gasteiger partial charge in [0.05, 0.1) is 5.52 Å². The highest BCUT2D eigenvalue weighted by molar-refractivity contribution is 6.24. The number of hydrogen-bond acceptors (Lipinski definition) is 3. The van der Waals surface area contributed by atoms with Crippen LogP contribution in [0.1, 0.15) is 12.5 Å². The van der Waals surface area contributed by atoms with Gasteiger partial charge in [0, 0.05) is 28.0 Å². The van der Waals surface area contributed by atoms with Crippen LogP contribution in [0.5, 0.6) is 0 Å². The van der Waals surface area contributed by atoms with Crippen LogP contribution in [0.25, 0.3) is 54.0 Å². The minimum absolute atomic E-state index is 0.574. The second-order valence-corrected chi connectivity index (χ2v) is 9.70. The SMILES string of the molecule is C=C(C)C=O.Cc1cnc2c3ccccc3c3ccccc3c2c1.Nc1cc2ccccc2c2ccccc12. The zero-order valence-electron chi connectivity index (χ0n) is 22.2. The number of hydrogen-bond donors (Lipinski definition) is 1. The molecule has 3 heteroatoms. The van der Waals surface area contributed by atoms with Crippen molar-refractivity contribution in [2.24, 2.45) is 0 Å². The smallest absolute Gasteiger partial charge is 0.145 e. The fraction of sp³-hybridized carbons (Fsp3) is 0.0556. The van der Waals surface area contributed by atoms with Crippen LogP contribution in [-0.2, 0) is 4.79 Å². The fourth-order valence-electron chi connectivity index (χ4n) is 4.95. The van der Waals surface area contributed by atoms with Crippen LogP contribution in [0.4, 0.5) is 5.69 Å². The molecular weight excluding hydrogens is 476 g/mol. The molecule has 0 spiro atoms. The van der Waals surface area contributed by atoms with Gasteiger partial charge in [-0.15, -0.1) is 0 Å². The van der Waals surface area contributed by atoms with E-state index in [9.17, 15) is 4.79 Å². The number of allylic oxidation sites excluding steroid dienone is 1. The van der Waals surface area contributed by atoms with Gasteiger partial charge in [0.1, 0.15) is 6.29 Å². The Morgan fingerprint density at radius 3 is 1.69 bits per heavy atom. The van der Waals surface area contributed by atoms with Gasteiger partial charge >= 0.3 is 0 Å². The lowest BCUT2D eigenvalue weighted by Gasteiger charge is -2.09. The van der Waals surface area contributed by atoms with Crippen molar-refractivity contribution in [3.05, 3.63) is 133 Å². The molecule has 0 saturated carbocycles. The number of aldehydes is 1. The summed E-state index contributed by atoms with van der Waals surface area (Å²) in [5.41, 5.74) is 9.75. The molecule has 0 radical (unpaired) electrons. The third kappa shape index (κ3) is 5.21. The quantitative estimate of drug-likeness (QED) is 0.104.